The highest BCUT2D eigenvalue weighted by Crippen LogP contribution is 2.36. The summed E-state index contributed by atoms with van der Waals surface area (Å²) >= 11 is 5.77. The number of rotatable bonds is 5. The maximum Gasteiger partial charge on any atom is 0.419 e. The zero-order valence-corrected chi connectivity index (χ0v) is 15.8. The topological polar surface area (TPSA) is 71.8 Å². The van der Waals surface area contributed by atoms with Gasteiger partial charge in [0.1, 0.15) is 5.82 Å². The molecule has 150 valence electrons. The lowest BCUT2D eigenvalue weighted by Crippen LogP contribution is -2.08. The number of benzene rings is 1. The molecule has 6 nitrogen and oxygen atoms in total. The Kier molecular flexibility index (Phi) is 5.60. The van der Waals surface area contributed by atoms with Gasteiger partial charge in [-0.1, -0.05) is 18.2 Å². The second-order valence-electron chi connectivity index (χ2n) is 6.00. The monoisotopic (exact) mass is 421 g/mol. The molecule has 0 fully saturated rings. The van der Waals surface area contributed by atoms with Gasteiger partial charge in [0.15, 0.2) is 0 Å². The number of amides is 1. The first-order valence-electron chi connectivity index (χ1n) is 8.24. The number of hydrogen-bond acceptors (Lipinski definition) is 4. The highest BCUT2D eigenvalue weighted by Gasteiger charge is 2.33. The van der Waals surface area contributed by atoms with Crippen LogP contribution in [0.2, 0.25) is 5.02 Å². The van der Waals surface area contributed by atoms with Gasteiger partial charge >= 0.3 is 6.18 Å². The number of carbonyl (C=O) groups is 1. The van der Waals surface area contributed by atoms with Crippen molar-refractivity contribution < 1.29 is 18.0 Å². The van der Waals surface area contributed by atoms with Crippen LogP contribution in [0.4, 0.5) is 30.4 Å². The van der Waals surface area contributed by atoms with Crippen LogP contribution in [0.15, 0.2) is 55.4 Å². The van der Waals surface area contributed by atoms with Gasteiger partial charge in [0.2, 0.25) is 5.91 Å². The molecule has 0 unspecified atom stereocenters. The van der Waals surface area contributed by atoms with E-state index in [1.54, 1.807) is 42.2 Å². The molecule has 1 aromatic carbocycles. The number of halogens is 4. The van der Waals surface area contributed by atoms with Crippen molar-refractivity contribution in [3.63, 3.8) is 0 Å². The molecular weight excluding hydrogens is 407 g/mol. The predicted octanol–water partition coefficient (Wildman–Crippen LogP) is 5.02. The van der Waals surface area contributed by atoms with Gasteiger partial charge in [0, 0.05) is 42.4 Å². The van der Waals surface area contributed by atoms with Crippen LogP contribution in [0.5, 0.6) is 0 Å². The number of alkyl halides is 3. The molecule has 0 spiro atoms. The van der Waals surface area contributed by atoms with E-state index in [2.05, 4.69) is 27.3 Å². The fourth-order valence-corrected chi connectivity index (χ4v) is 2.80. The Bertz CT molecular complexity index is 1080. The van der Waals surface area contributed by atoms with E-state index in [0.29, 0.717) is 28.8 Å². The smallest absolute Gasteiger partial charge is 0.340 e. The minimum absolute atomic E-state index is 0.128. The average Bonchev–Trinajstić information content (AvgIpc) is 3.08. The zero-order valence-electron chi connectivity index (χ0n) is 15.1. The van der Waals surface area contributed by atoms with Gasteiger partial charge in [-0.05, 0) is 30.3 Å². The third kappa shape index (κ3) is 4.75. The van der Waals surface area contributed by atoms with Gasteiger partial charge in [-0.15, -0.1) is 0 Å². The van der Waals surface area contributed by atoms with Crippen LogP contribution in [0.3, 0.4) is 0 Å². The molecule has 3 rings (SSSR count). The number of nitrogens with zero attached hydrogens (tertiary/aromatic N) is 3. The van der Waals surface area contributed by atoms with Gasteiger partial charge in [-0.25, -0.2) is 4.98 Å². The van der Waals surface area contributed by atoms with Crippen molar-refractivity contribution in [2.24, 2.45) is 7.05 Å². The summed E-state index contributed by atoms with van der Waals surface area (Å²) in [6.45, 7) is 3.41. The van der Waals surface area contributed by atoms with E-state index in [-0.39, 0.29) is 11.7 Å². The normalized spacial score (nSPS) is 11.2. The summed E-state index contributed by atoms with van der Waals surface area (Å²) < 4.78 is 40.2. The summed E-state index contributed by atoms with van der Waals surface area (Å²) in [6.07, 6.45) is -1.04. The van der Waals surface area contributed by atoms with E-state index in [1.165, 1.54) is 0 Å². The molecule has 3 aromatic rings. The van der Waals surface area contributed by atoms with Crippen molar-refractivity contribution in [3.8, 4) is 11.3 Å². The first kappa shape index (κ1) is 20.4. The lowest BCUT2D eigenvalue weighted by atomic mass is 10.1. The number of carbonyl (C=O) groups excluding carboxylic acids is 1. The Hall–Kier alpha value is -3.33. The molecule has 1 amide bonds. The number of anilines is 3. The number of aromatic nitrogens is 3. The van der Waals surface area contributed by atoms with Crippen LogP contribution in [0, 0.1) is 0 Å². The van der Waals surface area contributed by atoms with Crippen molar-refractivity contribution in [2.75, 3.05) is 10.6 Å². The number of nitrogens with one attached hydrogen (secondary N) is 2. The molecule has 0 atom stereocenters. The standard InChI is InChI=1S/C19H15ClF3N5O/c1-3-18(29)25-11-4-5-15(12(8-11)16-6-7-28(2)27-16)26-17-9-14(20)13(10-24-17)19(21,22)23/h3-10H,1H2,2H3,(H,24,26)(H,25,29). The van der Waals surface area contributed by atoms with Crippen LogP contribution in [0.25, 0.3) is 11.3 Å². The number of pyridine rings is 1. The maximum atomic E-state index is 12.9. The summed E-state index contributed by atoms with van der Waals surface area (Å²) in [5, 5.41) is 9.47. The van der Waals surface area contributed by atoms with Crippen molar-refractivity contribution in [1.82, 2.24) is 14.8 Å². The van der Waals surface area contributed by atoms with Crippen molar-refractivity contribution in [2.45, 2.75) is 6.18 Å². The fourth-order valence-electron chi connectivity index (χ4n) is 2.54. The molecule has 0 radical (unpaired) electrons. The first-order valence-corrected chi connectivity index (χ1v) is 8.62. The average molecular weight is 422 g/mol. The van der Waals surface area contributed by atoms with Crippen molar-refractivity contribution in [3.05, 3.63) is 66.0 Å². The van der Waals surface area contributed by atoms with Crippen LogP contribution >= 0.6 is 11.6 Å². The molecule has 0 bridgehead atoms. The second kappa shape index (κ2) is 7.96. The van der Waals surface area contributed by atoms with E-state index in [4.69, 9.17) is 11.6 Å². The summed E-state index contributed by atoms with van der Waals surface area (Å²) in [4.78, 5) is 15.4. The molecule has 2 N–H and O–H groups in total. The molecule has 0 aliphatic heterocycles. The highest BCUT2D eigenvalue weighted by molar-refractivity contribution is 6.31. The third-order valence-corrected chi connectivity index (χ3v) is 4.20. The predicted molar refractivity (Wildman–Crippen MR) is 105 cm³/mol. The van der Waals surface area contributed by atoms with E-state index in [9.17, 15) is 18.0 Å². The molecule has 0 aliphatic carbocycles. The van der Waals surface area contributed by atoms with Crippen molar-refractivity contribution >= 4 is 34.7 Å². The van der Waals surface area contributed by atoms with E-state index in [1.807, 2.05) is 0 Å². The van der Waals surface area contributed by atoms with E-state index >= 15 is 0 Å². The molecule has 10 heteroatoms. The SMILES string of the molecule is C=CC(=O)Nc1ccc(Nc2cc(Cl)c(C(F)(F)F)cn2)c(-c2ccn(C)n2)c1. The molecule has 2 heterocycles. The van der Waals surface area contributed by atoms with E-state index < -0.39 is 16.8 Å². The molecule has 0 saturated heterocycles. The summed E-state index contributed by atoms with van der Waals surface area (Å²) in [5.74, 6) is -0.253. The first-order chi connectivity index (χ1) is 13.7. The van der Waals surface area contributed by atoms with Crippen LogP contribution in [-0.2, 0) is 18.0 Å². The van der Waals surface area contributed by atoms with Crippen LogP contribution < -0.4 is 10.6 Å². The fraction of sp³-hybridized carbons (Fsp3) is 0.105. The Balaban J connectivity index is 1.99. The minimum atomic E-state index is -4.59. The lowest BCUT2D eigenvalue weighted by Gasteiger charge is -2.14. The molecule has 2 aromatic heterocycles. The van der Waals surface area contributed by atoms with Gasteiger partial charge in [-0.3, -0.25) is 9.48 Å². The Morgan fingerprint density at radius 3 is 2.62 bits per heavy atom. The Morgan fingerprint density at radius 1 is 1.28 bits per heavy atom. The minimum Gasteiger partial charge on any atom is -0.340 e. The second-order valence-corrected chi connectivity index (χ2v) is 6.41. The highest BCUT2D eigenvalue weighted by atomic mass is 35.5. The van der Waals surface area contributed by atoms with E-state index in [0.717, 1.165) is 12.1 Å². The molecule has 0 aliphatic rings. The molecule has 0 saturated carbocycles. The van der Waals surface area contributed by atoms with Gasteiger partial charge in [0.25, 0.3) is 0 Å². The van der Waals surface area contributed by atoms with Crippen LogP contribution in [0.1, 0.15) is 5.56 Å². The number of aryl methyl sites for hydroxylation is 1. The Morgan fingerprint density at radius 2 is 2.03 bits per heavy atom. The lowest BCUT2D eigenvalue weighted by molar-refractivity contribution is -0.137. The Labute approximate surface area is 169 Å². The summed E-state index contributed by atoms with van der Waals surface area (Å²) in [7, 11) is 1.75. The summed E-state index contributed by atoms with van der Waals surface area (Å²) in [6, 6.07) is 7.81. The largest absolute Gasteiger partial charge is 0.419 e. The number of hydrogen-bond donors (Lipinski definition) is 2. The van der Waals surface area contributed by atoms with Gasteiger partial charge < -0.3 is 10.6 Å². The van der Waals surface area contributed by atoms with Gasteiger partial charge in [0.05, 0.1) is 16.3 Å². The van der Waals surface area contributed by atoms with Crippen LogP contribution in [-0.4, -0.2) is 20.7 Å². The van der Waals surface area contributed by atoms with Gasteiger partial charge in [-0.2, -0.15) is 18.3 Å². The quantitative estimate of drug-likeness (QED) is 0.567. The third-order valence-electron chi connectivity index (χ3n) is 3.88. The van der Waals surface area contributed by atoms with Crippen molar-refractivity contribution in [1.29, 1.82) is 0 Å². The molecule has 29 heavy (non-hydrogen) atoms. The molecular formula is C19H15ClF3N5O. The summed E-state index contributed by atoms with van der Waals surface area (Å²) in [5.41, 5.74) is 1.19. The zero-order chi connectivity index (χ0) is 21.2. The maximum absolute atomic E-state index is 12.9.